The second kappa shape index (κ2) is 12.1. The Kier molecular flexibility index (Phi) is 9.18. The first kappa shape index (κ1) is 22.7. The predicted octanol–water partition coefficient (Wildman–Crippen LogP) is 4.37. The van der Waals surface area contributed by atoms with Gasteiger partial charge in [0.25, 0.3) is 5.91 Å². The van der Waals surface area contributed by atoms with Gasteiger partial charge < -0.3 is 19.5 Å². The molecule has 2 aromatic carbocycles. The molecule has 0 unspecified atom stereocenters. The van der Waals surface area contributed by atoms with Crippen LogP contribution < -0.4 is 14.8 Å². The fraction of sp³-hybridized carbons (Fsp3) is 0.250. The van der Waals surface area contributed by atoms with Crippen molar-refractivity contribution in [2.24, 2.45) is 0 Å². The number of rotatable bonds is 11. The molecule has 0 saturated carbocycles. The first-order valence-corrected chi connectivity index (χ1v) is 9.75. The average molecular weight is 409 g/mol. The lowest BCUT2D eigenvalue weighted by atomic mass is 10.1. The minimum Gasteiger partial charge on any atom is -0.497 e. The van der Waals surface area contributed by atoms with E-state index in [-0.39, 0.29) is 12.3 Å². The molecule has 0 aliphatic carbocycles. The fourth-order valence-corrected chi connectivity index (χ4v) is 2.46. The predicted molar refractivity (Wildman–Crippen MR) is 116 cm³/mol. The van der Waals surface area contributed by atoms with Crippen LogP contribution in [0.4, 0.5) is 0 Å². The molecule has 0 bridgehead atoms. The van der Waals surface area contributed by atoms with Crippen LogP contribution in [-0.4, -0.2) is 32.2 Å². The maximum Gasteiger partial charge on any atom is 0.355 e. The van der Waals surface area contributed by atoms with E-state index in [0.29, 0.717) is 29.2 Å². The van der Waals surface area contributed by atoms with Crippen LogP contribution >= 0.6 is 0 Å². The smallest absolute Gasteiger partial charge is 0.355 e. The minimum atomic E-state index is -0.654. The number of amides is 1. The van der Waals surface area contributed by atoms with Crippen molar-refractivity contribution in [3.05, 3.63) is 78.0 Å². The highest BCUT2D eigenvalue weighted by atomic mass is 16.5. The van der Waals surface area contributed by atoms with Crippen LogP contribution in [0.5, 0.6) is 11.5 Å². The number of nitrogens with one attached hydrogen (secondary N) is 1. The summed E-state index contributed by atoms with van der Waals surface area (Å²) in [5, 5.41) is 2.63. The quantitative estimate of drug-likeness (QED) is 0.258. The van der Waals surface area contributed by atoms with Gasteiger partial charge in [0.05, 0.1) is 13.7 Å². The van der Waals surface area contributed by atoms with E-state index in [1.807, 2.05) is 0 Å². The molecule has 158 valence electrons. The molecule has 6 heteroatoms. The van der Waals surface area contributed by atoms with Crippen molar-refractivity contribution in [1.82, 2.24) is 5.32 Å². The Hall–Kier alpha value is -3.54. The van der Waals surface area contributed by atoms with E-state index in [1.54, 1.807) is 61.7 Å². The van der Waals surface area contributed by atoms with E-state index in [1.165, 1.54) is 6.08 Å². The number of hydrogen-bond donors (Lipinski definition) is 1. The average Bonchev–Trinajstić information content (AvgIpc) is 2.78. The highest BCUT2D eigenvalue weighted by molar-refractivity contribution is 6.03. The monoisotopic (exact) mass is 409 g/mol. The molecule has 30 heavy (non-hydrogen) atoms. The summed E-state index contributed by atoms with van der Waals surface area (Å²) in [5.41, 5.74) is 1.13. The van der Waals surface area contributed by atoms with E-state index in [9.17, 15) is 9.59 Å². The van der Waals surface area contributed by atoms with Crippen molar-refractivity contribution >= 4 is 18.0 Å². The molecule has 1 N–H and O–H groups in total. The van der Waals surface area contributed by atoms with Crippen LogP contribution in [0.3, 0.4) is 0 Å². The lowest BCUT2D eigenvalue weighted by molar-refractivity contribution is -0.138. The van der Waals surface area contributed by atoms with E-state index < -0.39 is 11.9 Å². The first-order chi connectivity index (χ1) is 14.6. The lowest BCUT2D eigenvalue weighted by Gasteiger charge is -2.11. The Morgan fingerprint density at radius 1 is 1.03 bits per heavy atom. The van der Waals surface area contributed by atoms with Gasteiger partial charge in [-0.2, -0.15) is 0 Å². The second-order valence-corrected chi connectivity index (χ2v) is 6.40. The highest BCUT2D eigenvalue weighted by Gasteiger charge is 2.16. The zero-order valence-electron chi connectivity index (χ0n) is 17.4. The SMILES string of the molecule is C=CCOC(=O)C(=Cc1ccc(OC)cc1)NC(=O)c1ccc(OCCCC)cc1. The summed E-state index contributed by atoms with van der Waals surface area (Å²) in [6.45, 7) is 6.29. The van der Waals surface area contributed by atoms with Crippen molar-refractivity contribution in [3.63, 3.8) is 0 Å². The van der Waals surface area contributed by atoms with Crippen molar-refractivity contribution in [3.8, 4) is 11.5 Å². The van der Waals surface area contributed by atoms with Gasteiger partial charge in [-0.15, -0.1) is 0 Å². The van der Waals surface area contributed by atoms with E-state index in [0.717, 1.165) is 12.8 Å². The Labute approximate surface area is 177 Å². The van der Waals surface area contributed by atoms with Crippen LogP contribution in [0.25, 0.3) is 6.08 Å². The van der Waals surface area contributed by atoms with Gasteiger partial charge in [-0.25, -0.2) is 4.79 Å². The van der Waals surface area contributed by atoms with E-state index in [4.69, 9.17) is 14.2 Å². The lowest BCUT2D eigenvalue weighted by Crippen LogP contribution is -2.28. The number of carbonyl (C=O) groups is 2. The van der Waals surface area contributed by atoms with Crippen LogP contribution in [-0.2, 0) is 9.53 Å². The Morgan fingerprint density at radius 2 is 1.70 bits per heavy atom. The maximum absolute atomic E-state index is 12.7. The van der Waals surface area contributed by atoms with Gasteiger partial charge in [0.15, 0.2) is 0 Å². The molecule has 0 saturated heterocycles. The molecule has 0 aliphatic heterocycles. The molecule has 1 amide bonds. The molecule has 2 rings (SSSR count). The molecule has 0 fully saturated rings. The number of carbonyl (C=O) groups excluding carboxylic acids is 2. The maximum atomic E-state index is 12.7. The van der Waals surface area contributed by atoms with Gasteiger partial charge in [0, 0.05) is 5.56 Å². The van der Waals surface area contributed by atoms with Gasteiger partial charge in [-0.3, -0.25) is 4.79 Å². The zero-order valence-corrected chi connectivity index (χ0v) is 17.4. The van der Waals surface area contributed by atoms with Crippen molar-refractivity contribution in [2.45, 2.75) is 19.8 Å². The van der Waals surface area contributed by atoms with Gasteiger partial charge in [-0.05, 0) is 54.5 Å². The van der Waals surface area contributed by atoms with E-state index in [2.05, 4.69) is 18.8 Å². The molecule has 0 aliphatic rings. The summed E-state index contributed by atoms with van der Waals surface area (Å²) in [6.07, 6.45) is 5.02. The van der Waals surface area contributed by atoms with Crippen LogP contribution in [0.1, 0.15) is 35.7 Å². The first-order valence-electron chi connectivity index (χ1n) is 9.75. The summed E-state index contributed by atoms with van der Waals surface area (Å²) in [7, 11) is 1.57. The second-order valence-electron chi connectivity index (χ2n) is 6.40. The standard InChI is InChI=1S/C24H27NO5/c1-4-6-16-29-21-13-9-19(10-14-21)23(26)25-22(24(27)30-15-5-2)17-18-7-11-20(28-3)12-8-18/h5,7-14,17H,2,4,6,15-16H2,1,3H3,(H,25,26). The van der Waals surface area contributed by atoms with E-state index >= 15 is 0 Å². The summed E-state index contributed by atoms with van der Waals surface area (Å²) < 4.78 is 15.8. The number of unbranched alkanes of at least 4 members (excludes halogenated alkanes) is 1. The Balaban J connectivity index is 2.15. The van der Waals surface area contributed by atoms with Crippen molar-refractivity contribution < 1.29 is 23.8 Å². The number of ether oxygens (including phenoxy) is 3. The molecule has 6 nitrogen and oxygen atoms in total. The third kappa shape index (κ3) is 7.13. The Morgan fingerprint density at radius 3 is 2.30 bits per heavy atom. The Bertz CT molecular complexity index is 869. The van der Waals surface area contributed by atoms with Crippen LogP contribution in [0, 0.1) is 0 Å². The fourth-order valence-electron chi connectivity index (χ4n) is 2.46. The van der Waals surface area contributed by atoms with Gasteiger partial charge in [-0.1, -0.05) is 38.1 Å². The van der Waals surface area contributed by atoms with Crippen LogP contribution in [0.2, 0.25) is 0 Å². The summed E-state index contributed by atoms with van der Waals surface area (Å²) in [4.78, 5) is 25.1. The highest BCUT2D eigenvalue weighted by Crippen LogP contribution is 2.16. The van der Waals surface area contributed by atoms with Gasteiger partial charge in [0.1, 0.15) is 23.8 Å². The molecular weight excluding hydrogens is 382 g/mol. The number of methoxy groups -OCH3 is 1. The third-order valence-corrected chi connectivity index (χ3v) is 4.11. The van der Waals surface area contributed by atoms with Crippen molar-refractivity contribution in [2.75, 3.05) is 20.3 Å². The molecule has 0 radical (unpaired) electrons. The minimum absolute atomic E-state index is 0.0234. The third-order valence-electron chi connectivity index (χ3n) is 4.11. The van der Waals surface area contributed by atoms with Crippen LogP contribution in [0.15, 0.2) is 66.9 Å². The largest absolute Gasteiger partial charge is 0.497 e. The van der Waals surface area contributed by atoms with Gasteiger partial charge >= 0.3 is 5.97 Å². The molecule has 0 spiro atoms. The topological polar surface area (TPSA) is 73.9 Å². The molecule has 2 aromatic rings. The molecular formula is C24H27NO5. The van der Waals surface area contributed by atoms with Crippen molar-refractivity contribution in [1.29, 1.82) is 0 Å². The number of benzene rings is 2. The normalized spacial score (nSPS) is 10.8. The zero-order chi connectivity index (χ0) is 21.8. The summed E-state index contributed by atoms with van der Waals surface area (Å²) in [6, 6.07) is 13.8. The molecule has 0 atom stereocenters. The molecule has 0 heterocycles. The number of hydrogen-bond acceptors (Lipinski definition) is 5. The molecule has 0 aromatic heterocycles. The number of esters is 1. The summed E-state index contributed by atoms with van der Waals surface area (Å²) in [5.74, 6) is 0.302. The summed E-state index contributed by atoms with van der Waals surface area (Å²) >= 11 is 0. The van der Waals surface area contributed by atoms with Gasteiger partial charge in [0.2, 0.25) is 0 Å².